The van der Waals surface area contributed by atoms with Crippen LogP contribution in [0.15, 0.2) is 0 Å². The van der Waals surface area contributed by atoms with E-state index in [1.54, 1.807) is 0 Å². The summed E-state index contributed by atoms with van der Waals surface area (Å²) in [6.07, 6.45) is 8.00. The van der Waals surface area contributed by atoms with E-state index in [0.717, 1.165) is 32.1 Å². The Morgan fingerprint density at radius 3 is 2.38 bits per heavy atom. The number of carboxylic acids is 1. The summed E-state index contributed by atoms with van der Waals surface area (Å²) in [7, 11) is 0. The number of aliphatic carboxylic acids is 1. The fraction of sp³-hybridized carbons (Fsp3) is 0.926. The van der Waals surface area contributed by atoms with Crippen molar-refractivity contribution in [2.45, 2.75) is 112 Å². The monoisotopic (exact) mass is 450 g/mol. The van der Waals surface area contributed by atoms with Gasteiger partial charge in [0.05, 0.1) is 12.2 Å². The highest BCUT2D eigenvalue weighted by atomic mass is 16.5. The SMILES string of the molecule is CC(=O)O[C@@H](C)CC[C@]1(C)C2C[C@H](O)[C@@]3(C)C(CCC3[C@H](C)CCC(=O)O)C2CC[C@@H]1C. The average molecular weight is 451 g/mol. The molecule has 0 amide bonds. The van der Waals surface area contributed by atoms with Crippen LogP contribution < -0.4 is 0 Å². The molecule has 3 saturated carbocycles. The number of carbonyl (C=O) groups excluding carboxylic acids is 1. The summed E-state index contributed by atoms with van der Waals surface area (Å²) in [5, 5.41) is 20.8. The smallest absolute Gasteiger partial charge is 0.303 e. The van der Waals surface area contributed by atoms with Crippen LogP contribution in [0.5, 0.6) is 0 Å². The Kier molecular flexibility index (Phi) is 7.69. The standard InChI is InChI=1S/C27H46O5/c1-16(7-12-25(30)31)21-10-11-22-20-9-8-17(2)26(5,14-13-18(3)32-19(4)28)23(20)15-24(29)27(21,22)6/h16-18,20-24,29H,7-15H2,1-6H3,(H,30,31)/t16-,17+,18+,20?,21?,22?,23?,24+,26+,27-/m1/s1. The van der Waals surface area contributed by atoms with Crippen molar-refractivity contribution in [3.63, 3.8) is 0 Å². The molecule has 5 nitrogen and oxygen atoms in total. The van der Waals surface area contributed by atoms with E-state index in [2.05, 4.69) is 27.7 Å². The first-order valence-corrected chi connectivity index (χ1v) is 13.0. The van der Waals surface area contributed by atoms with Gasteiger partial charge in [-0.2, -0.15) is 0 Å². The molecule has 3 fully saturated rings. The van der Waals surface area contributed by atoms with Gasteiger partial charge in [-0.3, -0.25) is 9.59 Å². The zero-order valence-corrected chi connectivity index (χ0v) is 21.1. The molecule has 3 rings (SSSR count). The zero-order chi connectivity index (χ0) is 23.8. The van der Waals surface area contributed by atoms with Crippen molar-refractivity contribution in [1.29, 1.82) is 0 Å². The minimum atomic E-state index is -0.721. The van der Waals surface area contributed by atoms with Gasteiger partial charge in [-0.05, 0) is 105 Å². The molecular formula is C27H46O5. The Labute approximate surface area is 194 Å². The van der Waals surface area contributed by atoms with Crippen molar-refractivity contribution in [1.82, 2.24) is 0 Å². The van der Waals surface area contributed by atoms with Crippen molar-refractivity contribution in [3.8, 4) is 0 Å². The molecule has 4 unspecified atom stereocenters. The van der Waals surface area contributed by atoms with Crippen molar-refractivity contribution < 1.29 is 24.5 Å². The third kappa shape index (κ3) is 4.60. The topological polar surface area (TPSA) is 83.8 Å². The van der Waals surface area contributed by atoms with Gasteiger partial charge in [0, 0.05) is 13.3 Å². The number of ether oxygens (including phenoxy) is 1. The van der Waals surface area contributed by atoms with Crippen molar-refractivity contribution in [2.24, 2.45) is 46.3 Å². The van der Waals surface area contributed by atoms with E-state index < -0.39 is 5.97 Å². The molecule has 3 aliphatic rings. The lowest BCUT2D eigenvalue weighted by Crippen LogP contribution is -2.57. The van der Waals surface area contributed by atoms with E-state index in [1.165, 1.54) is 19.8 Å². The first kappa shape index (κ1) is 25.5. The van der Waals surface area contributed by atoms with Gasteiger partial charge in [0.1, 0.15) is 0 Å². The summed E-state index contributed by atoms with van der Waals surface area (Å²) in [6, 6.07) is 0. The van der Waals surface area contributed by atoms with Crippen LogP contribution >= 0.6 is 0 Å². The first-order valence-electron chi connectivity index (χ1n) is 13.0. The van der Waals surface area contributed by atoms with E-state index in [0.29, 0.717) is 41.9 Å². The van der Waals surface area contributed by atoms with Crippen molar-refractivity contribution in [3.05, 3.63) is 0 Å². The van der Waals surface area contributed by atoms with Gasteiger partial charge in [0.15, 0.2) is 0 Å². The van der Waals surface area contributed by atoms with E-state index in [1.807, 2.05) is 6.92 Å². The molecule has 2 N–H and O–H groups in total. The highest BCUT2D eigenvalue weighted by molar-refractivity contribution is 5.66. The Balaban J connectivity index is 1.78. The molecule has 0 aliphatic heterocycles. The summed E-state index contributed by atoms with van der Waals surface area (Å²) < 4.78 is 5.41. The molecule has 0 aromatic carbocycles. The molecule has 184 valence electrons. The lowest BCUT2D eigenvalue weighted by atomic mass is 9.45. The van der Waals surface area contributed by atoms with Crippen LogP contribution in [0.1, 0.15) is 99.3 Å². The summed E-state index contributed by atoms with van der Waals surface area (Å²) in [5.74, 6) is 2.03. The first-order chi connectivity index (χ1) is 14.9. The minimum absolute atomic E-state index is 0.0679. The summed E-state index contributed by atoms with van der Waals surface area (Å²) in [4.78, 5) is 22.5. The molecule has 5 heteroatoms. The molecule has 32 heavy (non-hydrogen) atoms. The van der Waals surface area contributed by atoms with Gasteiger partial charge in [-0.25, -0.2) is 0 Å². The molecule has 10 atom stereocenters. The zero-order valence-electron chi connectivity index (χ0n) is 21.1. The van der Waals surface area contributed by atoms with Gasteiger partial charge >= 0.3 is 11.9 Å². The highest BCUT2D eigenvalue weighted by Crippen LogP contribution is 2.67. The molecule has 0 bridgehead atoms. The maximum atomic E-state index is 11.6. The molecule has 0 spiro atoms. The minimum Gasteiger partial charge on any atom is -0.481 e. The second kappa shape index (κ2) is 9.64. The number of aliphatic hydroxyl groups excluding tert-OH is 1. The maximum Gasteiger partial charge on any atom is 0.303 e. The Morgan fingerprint density at radius 2 is 1.75 bits per heavy atom. The molecule has 0 radical (unpaired) electrons. The number of carbonyl (C=O) groups is 2. The molecule has 0 aromatic rings. The number of fused-ring (bicyclic) bond motifs is 3. The second-order valence-electron chi connectivity index (χ2n) is 12.0. The predicted octanol–water partition coefficient (Wildman–Crippen LogP) is 5.68. The van der Waals surface area contributed by atoms with Gasteiger partial charge in [-0.15, -0.1) is 0 Å². The largest absolute Gasteiger partial charge is 0.481 e. The molecular weight excluding hydrogens is 404 g/mol. The Hall–Kier alpha value is -1.10. The quantitative estimate of drug-likeness (QED) is 0.465. The summed E-state index contributed by atoms with van der Waals surface area (Å²) in [5.41, 5.74) is 0.0399. The van der Waals surface area contributed by atoms with Crippen molar-refractivity contribution >= 4 is 11.9 Å². The third-order valence-corrected chi connectivity index (χ3v) is 10.5. The van der Waals surface area contributed by atoms with E-state index >= 15 is 0 Å². The number of hydrogen-bond acceptors (Lipinski definition) is 4. The summed E-state index contributed by atoms with van der Waals surface area (Å²) >= 11 is 0. The normalized spacial score (nSPS) is 43.1. The number of rotatable bonds is 8. The fourth-order valence-corrected chi connectivity index (χ4v) is 8.41. The van der Waals surface area contributed by atoms with E-state index in [4.69, 9.17) is 9.84 Å². The van der Waals surface area contributed by atoms with Crippen molar-refractivity contribution in [2.75, 3.05) is 0 Å². The van der Waals surface area contributed by atoms with Crippen LogP contribution in [-0.2, 0) is 14.3 Å². The second-order valence-corrected chi connectivity index (χ2v) is 12.0. The van der Waals surface area contributed by atoms with Gasteiger partial charge in [0.2, 0.25) is 0 Å². The van der Waals surface area contributed by atoms with Crippen LogP contribution in [0.3, 0.4) is 0 Å². The summed E-state index contributed by atoms with van der Waals surface area (Å²) in [6.45, 7) is 12.8. The van der Waals surface area contributed by atoms with Crippen LogP contribution in [0.4, 0.5) is 0 Å². The lowest BCUT2D eigenvalue weighted by Gasteiger charge is -2.61. The van der Waals surface area contributed by atoms with E-state index in [-0.39, 0.29) is 35.4 Å². The van der Waals surface area contributed by atoms with Crippen LogP contribution in [0, 0.1) is 46.3 Å². The fourth-order valence-electron chi connectivity index (χ4n) is 8.41. The van der Waals surface area contributed by atoms with Gasteiger partial charge < -0.3 is 14.9 Å². The van der Waals surface area contributed by atoms with Crippen LogP contribution in [0.2, 0.25) is 0 Å². The number of esters is 1. The van der Waals surface area contributed by atoms with Crippen LogP contribution in [0.25, 0.3) is 0 Å². The van der Waals surface area contributed by atoms with Gasteiger partial charge in [-0.1, -0.05) is 27.7 Å². The van der Waals surface area contributed by atoms with Gasteiger partial charge in [0.25, 0.3) is 0 Å². The van der Waals surface area contributed by atoms with E-state index in [9.17, 15) is 14.7 Å². The molecule has 3 aliphatic carbocycles. The molecule has 0 heterocycles. The molecule has 0 aromatic heterocycles. The number of aliphatic hydroxyl groups is 1. The molecule has 0 saturated heterocycles. The number of hydrogen-bond donors (Lipinski definition) is 2. The average Bonchev–Trinajstić information content (AvgIpc) is 3.07. The Morgan fingerprint density at radius 1 is 1.06 bits per heavy atom. The highest BCUT2D eigenvalue weighted by Gasteiger charge is 2.62. The third-order valence-electron chi connectivity index (χ3n) is 10.5. The number of carboxylic acid groups (broad SMARTS) is 1. The van der Waals surface area contributed by atoms with Crippen LogP contribution in [-0.4, -0.2) is 34.4 Å². The lowest BCUT2D eigenvalue weighted by molar-refractivity contribution is -0.163. The maximum absolute atomic E-state index is 11.6. The predicted molar refractivity (Wildman–Crippen MR) is 125 cm³/mol. The Bertz CT molecular complexity index is 692.